The van der Waals surface area contributed by atoms with Gasteiger partial charge in [0.05, 0.1) is 19.8 Å². The van der Waals surface area contributed by atoms with Crippen molar-refractivity contribution < 1.29 is 14.3 Å². The van der Waals surface area contributed by atoms with Crippen LogP contribution in [0, 0.1) is 5.92 Å². The van der Waals surface area contributed by atoms with Crippen molar-refractivity contribution in [3.05, 3.63) is 29.8 Å². The molecule has 2 N–H and O–H groups in total. The van der Waals surface area contributed by atoms with Crippen molar-refractivity contribution in [2.75, 3.05) is 33.4 Å². The first-order valence-electron chi connectivity index (χ1n) is 7.30. The van der Waals surface area contributed by atoms with Crippen LogP contribution in [0.2, 0.25) is 0 Å². The second-order valence-electron chi connectivity index (χ2n) is 5.26. The zero-order valence-corrected chi connectivity index (χ0v) is 13.1. The van der Waals surface area contributed by atoms with Crippen molar-refractivity contribution in [3.63, 3.8) is 0 Å². The van der Waals surface area contributed by atoms with Gasteiger partial charge in [-0.25, -0.2) is 0 Å². The number of ether oxygens (including phenoxy) is 2. The molecule has 0 saturated carbocycles. The fourth-order valence-electron chi connectivity index (χ4n) is 1.68. The molecule has 1 rings (SSSR count). The summed E-state index contributed by atoms with van der Waals surface area (Å²) < 4.78 is 10.7. The van der Waals surface area contributed by atoms with Crippen molar-refractivity contribution in [2.45, 2.75) is 20.4 Å². The number of para-hydroxylation sites is 1. The molecule has 0 radical (unpaired) electrons. The van der Waals surface area contributed by atoms with Gasteiger partial charge in [0.25, 0.3) is 0 Å². The monoisotopic (exact) mass is 294 g/mol. The number of rotatable bonds is 10. The lowest BCUT2D eigenvalue weighted by Gasteiger charge is -2.13. The van der Waals surface area contributed by atoms with Crippen LogP contribution < -0.4 is 15.4 Å². The lowest BCUT2D eigenvalue weighted by molar-refractivity contribution is -0.120. The van der Waals surface area contributed by atoms with E-state index in [1.54, 1.807) is 7.11 Å². The zero-order valence-electron chi connectivity index (χ0n) is 13.1. The standard InChI is InChI=1S/C16H26N2O3/c1-13(2)12-21-15-7-5-4-6-14(15)10-18-16(19)11-17-8-9-20-3/h4-7,13,17H,8-12H2,1-3H3,(H,18,19). The number of carbonyl (C=O) groups excluding carboxylic acids is 1. The third-order valence-corrected chi connectivity index (χ3v) is 2.79. The number of methoxy groups -OCH3 is 1. The average molecular weight is 294 g/mol. The van der Waals surface area contributed by atoms with Crippen LogP contribution in [-0.4, -0.2) is 39.3 Å². The molecule has 1 amide bonds. The van der Waals surface area contributed by atoms with E-state index in [2.05, 4.69) is 24.5 Å². The molecular formula is C16H26N2O3. The Hall–Kier alpha value is -1.59. The minimum absolute atomic E-state index is 0.0373. The molecule has 5 nitrogen and oxygen atoms in total. The van der Waals surface area contributed by atoms with Crippen molar-refractivity contribution in [1.82, 2.24) is 10.6 Å². The van der Waals surface area contributed by atoms with E-state index in [4.69, 9.17) is 9.47 Å². The Morgan fingerprint density at radius 1 is 1.29 bits per heavy atom. The van der Waals surface area contributed by atoms with Gasteiger partial charge in [-0.1, -0.05) is 32.0 Å². The fraction of sp³-hybridized carbons (Fsp3) is 0.562. The van der Waals surface area contributed by atoms with E-state index in [0.29, 0.717) is 38.8 Å². The van der Waals surface area contributed by atoms with Crippen LogP contribution in [0.1, 0.15) is 19.4 Å². The van der Waals surface area contributed by atoms with Gasteiger partial charge >= 0.3 is 0 Å². The summed E-state index contributed by atoms with van der Waals surface area (Å²) in [6.07, 6.45) is 0. The average Bonchev–Trinajstić information content (AvgIpc) is 2.48. The lowest BCUT2D eigenvalue weighted by Crippen LogP contribution is -2.34. The van der Waals surface area contributed by atoms with Crippen LogP contribution in [0.25, 0.3) is 0 Å². The second-order valence-corrected chi connectivity index (χ2v) is 5.26. The zero-order chi connectivity index (χ0) is 15.5. The number of benzene rings is 1. The Bertz CT molecular complexity index is 422. The summed E-state index contributed by atoms with van der Waals surface area (Å²) >= 11 is 0. The Balaban J connectivity index is 2.38. The summed E-state index contributed by atoms with van der Waals surface area (Å²) in [7, 11) is 1.63. The minimum atomic E-state index is -0.0373. The first-order valence-corrected chi connectivity index (χ1v) is 7.30. The van der Waals surface area contributed by atoms with Gasteiger partial charge in [0, 0.05) is 25.8 Å². The number of hydrogen-bond acceptors (Lipinski definition) is 4. The van der Waals surface area contributed by atoms with E-state index >= 15 is 0 Å². The third-order valence-electron chi connectivity index (χ3n) is 2.79. The molecule has 118 valence electrons. The molecule has 1 aromatic carbocycles. The summed E-state index contributed by atoms with van der Waals surface area (Å²) in [5.41, 5.74) is 0.989. The second kappa shape index (κ2) is 10.2. The predicted octanol–water partition coefficient (Wildman–Crippen LogP) is 1.57. The molecule has 0 spiro atoms. The molecule has 1 aromatic rings. The van der Waals surface area contributed by atoms with Gasteiger partial charge in [0.1, 0.15) is 5.75 Å². The van der Waals surface area contributed by atoms with Crippen molar-refractivity contribution in [2.24, 2.45) is 5.92 Å². The van der Waals surface area contributed by atoms with Crippen LogP contribution in [0.5, 0.6) is 5.75 Å². The highest BCUT2D eigenvalue weighted by molar-refractivity contribution is 5.78. The molecule has 0 aliphatic heterocycles. The maximum atomic E-state index is 11.7. The van der Waals surface area contributed by atoms with E-state index in [1.807, 2.05) is 24.3 Å². The molecule has 0 aliphatic carbocycles. The van der Waals surface area contributed by atoms with Gasteiger partial charge in [-0.3, -0.25) is 4.79 Å². The molecule has 5 heteroatoms. The molecule has 0 heterocycles. The van der Waals surface area contributed by atoms with Gasteiger partial charge in [0.15, 0.2) is 0 Å². The smallest absolute Gasteiger partial charge is 0.234 e. The van der Waals surface area contributed by atoms with Gasteiger partial charge in [-0.05, 0) is 12.0 Å². The number of hydrogen-bond donors (Lipinski definition) is 2. The Morgan fingerprint density at radius 2 is 2.05 bits per heavy atom. The van der Waals surface area contributed by atoms with Crippen LogP contribution in [-0.2, 0) is 16.1 Å². The molecule has 21 heavy (non-hydrogen) atoms. The van der Waals surface area contributed by atoms with E-state index in [9.17, 15) is 4.79 Å². The third kappa shape index (κ3) is 7.68. The van der Waals surface area contributed by atoms with E-state index in [-0.39, 0.29) is 5.91 Å². The highest BCUT2D eigenvalue weighted by Gasteiger charge is 2.06. The SMILES string of the molecule is COCCNCC(=O)NCc1ccccc1OCC(C)C. The summed E-state index contributed by atoms with van der Waals surface area (Å²) in [6, 6.07) is 7.78. The summed E-state index contributed by atoms with van der Waals surface area (Å²) in [5, 5.41) is 5.89. The normalized spacial score (nSPS) is 10.7. The molecule has 0 atom stereocenters. The van der Waals surface area contributed by atoms with E-state index in [1.165, 1.54) is 0 Å². The number of amides is 1. The predicted molar refractivity (Wildman–Crippen MR) is 83.4 cm³/mol. The number of carbonyl (C=O) groups is 1. The maximum Gasteiger partial charge on any atom is 0.234 e. The minimum Gasteiger partial charge on any atom is -0.493 e. The lowest BCUT2D eigenvalue weighted by atomic mass is 10.2. The van der Waals surface area contributed by atoms with Crippen molar-refractivity contribution in [3.8, 4) is 5.75 Å². The number of nitrogens with one attached hydrogen (secondary N) is 2. The molecule has 0 aromatic heterocycles. The van der Waals surface area contributed by atoms with Gasteiger partial charge in [-0.2, -0.15) is 0 Å². The van der Waals surface area contributed by atoms with Crippen molar-refractivity contribution >= 4 is 5.91 Å². The van der Waals surface area contributed by atoms with Crippen LogP contribution in [0.4, 0.5) is 0 Å². The van der Waals surface area contributed by atoms with Crippen molar-refractivity contribution in [1.29, 1.82) is 0 Å². The van der Waals surface area contributed by atoms with Gasteiger partial charge in [0.2, 0.25) is 5.91 Å². The Kier molecular flexibility index (Phi) is 8.47. The largest absolute Gasteiger partial charge is 0.493 e. The highest BCUT2D eigenvalue weighted by atomic mass is 16.5. The Labute approximate surface area is 127 Å². The maximum absolute atomic E-state index is 11.7. The highest BCUT2D eigenvalue weighted by Crippen LogP contribution is 2.18. The quantitative estimate of drug-likeness (QED) is 0.643. The van der Waals surface area contributed by atoms with Crippen LogP contribution in [0.3, 0.4) is 0 Å². The molecule has 0 aliphatic rings. The molecular weight excluding hydrogens is 268 g/mol. The first-order chi connectivity index (χ1) is 10.1. The summed E-state index contributed by atoms with van der Waals surface area (Å²) in [4.78, 5) is 11.7. The van der Waals surface area contributed by atoms with Crippen LogP contribution in [0.15, 0.2) is 24.3 Å². The van der Waals surface area contributed by atoms with Gasteiger partial charge in [-0.15, -0.1) is 0 Å². The first kappa shape index (κ1) is 17.5. The molecule has 0 fully saturated rings. The molecule has 0 saturated heterocycles. The van der Waals surface area contributed by atoms with E-state index in [0.717, 1.165) is 11.3 Å². The summed E-state index contributed by atoms with van der Waals surface area (Å²) in [5.74, 6) is 1.27. The topological polar surface area (TPSA) is 59.6 Å². The fourth-order valence-corrected chi connectivity index (χ4v) is 1.68. The summed E-state index contributed by atoms with van der Waals surface area (Å²) in [6.45, 7) is 6.91. The molecule has 0 unspecified atom stereocenters. The Morgan fingerprint density at radius 3 is 2.76 bits per heavy atom. The van der Waals surface area contributed by atoms with Gasteiger partial charge < -0.3 is 20.1 Å². The molecule has 0 bridgehead atoms. The van der Waals surface area contributed by atoms with E-state index < -0.39 is 0 Å². The van der Waals surface area contributed by atoms with Crippen LogP contribution >= 0.6 is 0 Å².